The summed E-state index contributed by atoms with van der Waals surface area (Å²) in [5.41, 5.74) is 6.93. The van der Waals surface area contributed by atoms with E-state index in [1.807, 2.05) is 6.07 Å². The van der Waals surface area contributed by atoms with Gasteiger partial charge in [0.05, 0.1) is 17.3 Å². The first-order valence-electron chi connectivity index (χ1n) is 7.37. The van der Waals surface area contributed by atoms with Crippen molar-refractivity contribution in [3.63, 3.8) is 0 Å². The van der Waals surface area contributed by atoms with E-state index in [1.165, 1.54) is 6.07 Å². The van der Waals surface area contributed by atoms with Crippen molar-refractivity contribution in [1.29, 1.82) is 5.26 Å². The van der Waals surface area contributed by atoms with Crippen LogP contribution in [0.25, 0.3) is 0 Å². The molecule has 2 rings (SSSR count). The second kappa shape index (κ2) is 6.71. The number of halogens is 1. The Bertz CT molecular complexity index is 487. The van der Waals surface area contributed by atoms with E-state index in [1.54, 1.807) is 12.1 Å². The molecule has 0 amide bonds. The van der Waals surface area contributed by atoms with E-state index in [-0.39, 0.29) is 5.82 Å². The van der Waals surface area contributed by atoms with E-state index < -0.39 is 0 Å². The molecule has 2 N–H and O–H groups in total. The highest BCUT2D eigenvalue weighted by atomic mass is 19.1. The lowest BCUT2D eigenvalue weighted by atomic mass is 9.90. The standard InChI is InChI=1S/C16H22FN3/c1-2-9-20(14-6-4-13(19)5-7-14)16-8-3-12(11-18)10-15(16)17/h3,8,10,13-14H,2,4-7,9,19H2,1H3. The van der Waals surface area contributed by atoms with Gasteiger partial charge in [-0.05, 0) is 50.3 Å². The summed E-state index contributed by atoms with van der Waals surface area (Å²) in [6, 6.07) is 7.38. The Kier molecular flexibility index (Phi) is 4.97. The van der Waals surface area contributed by atoms with Crippen molar-refractivity contribution in [2.24, 2.45) is 5.73 Å². The number of hydrogen-bond donors (Lipinski definition) is 1. The molecule has 0 aromatic heterocycles. The van der Waals surface area contributed by atoms with Crippen LogP contribution in [0.2, 0.25) is 0 Å². The Morgan fingerprint density at radius 3 is 2.60 bits per heavy atom. The molecule has 0 bridgehead atoms. The number of hydrogen-bond acceptors (Lipinski definition) is 3. The average molecular weight is 275 g/mol. The molecule has 108 valence electrons. The van der Waals surface area contributed by atoms with Gasteiger partial charge in [0, 0.05) is 18.6 Å². The van der Waals surface area contributed by atoms with Crippen molar-refractivity contribution < 1.29 is 4.39 Å². The Balaban J connectivity index is 2.22. The molecule has 1 aliphatic rings. The molecular weight excluding hydrogens is 253 g/mol. The van der Waals surface area contributed by atoms with Crippen LogP contribution in [0.1, 0.15) is 44.6 Å². The quantitative estimate of drug-likeness (QED) is 0.918. The number of rotatable bonds is 4. The van der Waals surface area contributed by atoms with Crippen LogP contribution in [0, 0.1) is 17.1 Å². The summed E-state index contributed by atoms with van der Waals surface area (Å²) in [5, 5.41) is 8.83. The SMILES string of the molecule is CCCN(c1ccc(C#N)cc1F)C1CCC(N)CC1. The molecule has 0 radical (unpaired) electrons. The van der Waals surface area contributed by atoms with Crippen LogP contribution in [0.4, 0.5) is 10.1 Å². The van der Waals surface area contributed by atoms with Gasteiger partial charge >= 0.3 is 0 Å². The molecule has 4 heteroatoms. The van der Waals surface area contributed by atoms with E-state index >= 15 is 0 Å². The van der Waals surface area contributed by atoms with Crippen molar-refractivity contribution in [3.05, 3.63) is 29.6 Å². The molecule has 1 fully saturated rings. The first-order chi connectivity index (χ1) is 9.65. The van der Waals surface area contributed by atoms with Gasteiger partial charge in [-0.25, -0.2) is 4.39 Å². The summed E-state index contributed by atoms with van der Waals surface area (Å²) in [6.07, 6.45) is 5.01. The fraction of sp³-hybridized carbons (Fsp3) is 0.562. The second-order valence-electron chi connectivity index (χ2n) is 5.54. The number of nitrogens with zero attached hydrogens (tertiary/aromatic N) is 2. The lowest BCUT2D eigenvalue weighted by molar-refractivity contribution is 0.373. The summed E-state index contributed by atoms with van der Waals surface area (Å²) >= 11 is 0. The van der Waals surface area contributed by atoms with Gasteiger partial charge < -0.3 is 10.6 Å². The van der Waals surface area contributed by atoms with Gasteiger partial charge in [0.1, 0.15) is 5.82 Å². The third-order valence-electron chi connectivity index (χ3n) is 4.03. The third kappa shape index (κ3) is 3.29. The van der Waals surface area contributed by atoms with E-state index in [2.05, 4.69) is 11.8 Å². The summed E-state index contributed by atoms with van der Waals surface area (Å²) in [4.78, 5) is 2.16. The molecule has 1 saturated carbocycles. The molecule has 0 aliphatic heterocycles. The zero-order valence-corrected chi connectivity index (χ0v) is 12.0. The maximum absolute atomic E-state index is 14.2. The molecule has 0 atom stereocenters. The molecule has 1 aromatic rings. The van der Waals surface area contributed by atoms with E-state index in [0.29, 0.717) is 23.3 Å². The van der Waals surface area contributed by atoms with Crippen LogP contribution in [0.15, 0.2) is 18.2 Å². The van der Waals surface area contributed by atoms with Crippen molar-refractivity contribution in [1.82, 2.24) is 0 Å². The van der Waals surface area contributed by atoms with Gasteiger partial charge in [-0.3, -0.25) is 0 Å². The first kappa shape index (κ1) is 14.8. The highest BCUT2D eigenvalue weighted by Gasteiger charge is 2.25. The summed E-state index contributed by atoms with van der Waals surface area (Å²) < 4.78 is 14.2. The fourth-order valence-corrected chi connectivity index (χ4v) is 2.96. The zero-order valence-electron chi connectivity index (χ0n) is 12.0. The Hall–Kier alpha value is -1.60. The van der Waals surface area contributed by atoms with Gasteiger partial charge in [0.2, 0.25) is 0 Å². The predicted molar refractivity (Wildman–Crippen MR) is 79.0 cm³/mol. The summed E-state index contributed by atoms with van der Waals surface area (Å²) in [5.74, 6) is -0.299. The van der Waals surface area contributed by atoms with Gasteiger partial charge in [0.25, 0.3) is 0 Å². The lowest BCUT2D eigenvalue weighted by Crippen LogP contribution is -2.41. The molecule has 3 nitrogen and oxygen atoms in total. The van der Waals surface area contributed by atoms with E-state index in [9.17, 15) is 4.39 Å². The molecular formula is C16H22FN3. The molecule has 0 heterocycles. The zero-order chi connectivity index (χ0) is 14.5. The predicted octanol–water partition coefficient (Wildman–Crippen LogP) is 3.18. The highest BCUT2D eigenvalue weighted by molar-refractivity contribution is 5.52. The maximum Gasteiger partial charge on any atom is 0.147 e. The summed E-state index contributed by atoms with van der Waals surface area (Å²) in [6.45, 7) is 2.94. The van der Waals surface area contributed by atoms with Crippen LogP contribution in [0.3, 0.4) is 0 Å². The molecule has 0 saturated heterocycles. The Morgan fingerprint density at radius 1 is 1.35 bits per heavy atom. The van der Waals surface area contributed by atoms with E-state index in [0.717, 1.165) is 38.6 Å². The van der Waals surface area contributed by atoms with Crippen LogP contribution in [-0.2, 0) is 0 Å². The normalized spacial score (nSPS) is 22.3. The van der Waals surface area contributed by atoms with Crippen molar-refractivity contribution in [2.75, 3.05) is 11.4 Å². The number of anilines is 1. The molecule has 1 aromatic carbocycles. The number of nitrogens with two attached hydrogens (primary N) is 1. The molecule has 0 spiro atoms. The maximum atomic E-state index is 14.2. The monoisotopic (exact) mass is 275 g/mol. The van der Waals surface area contributed by atoms with Crippen LogP contribution < -0.4 is 10.6 Å². The van der Waals surface area contributed by atoms with Gasteiger partial charge in [-0.2, -0.15) is 5.26 Å². The number of nitriles is 1. The van der Waals surface area contributed by atoms with Crippen LogP contribution in [0.5, 0.6) is 0 Å². The fourth-order valence-electron chi connectivity index (χ4n) is 2.96. The largest absolute Gasteiger partial charge is 0.366 e. The summed E-state index contributed by atoms with van der Waals surface area (Å²) in [7, 11) is 0. The third-order valence-corrected chi connectivity index (χ3v) is 4.03. The first-order valence-corrected chi connectivity index (χ1v) is 7.37. The van der Waals surface area contributed by atoms with Crippen LogP contribution >= 0.6 is 0 Å². The van der Waals surface area contributed by atoms with Crippen molar-refractivity contribution in [3.8, 4) is 6.07 Å². The molecule has 20 heavy (non-hydrogen) atoms. The van der Waals surface area contributed by atoms with Crippen molar-refractivity contribution >= 4 is 5.69 Å². The Labute approximate surface area is 120 Å². The van der Waals surface area contributed by atoms with Crippen LogP contribution in [-0.4, -0.2) is 18.6 Å². The smallest absolute Gasteiger partial charge is 0.147 e. The van der Waals surface area contributed by atoms with Gasteiger partial charge in [-0.15, -0.1) is 0 Å². The number of benzene rings is 1. The molecule has 0 unspecified atom stereocenters. The highest BCUT2D eigenvalue weighted by Crippen LogP contribution is 2.29. The minimum absolute atomic E-state index is 0.292. The van der Waals surface area contributed by atoms with Gasteiger partial charge in [-0.1, -0.05) is 6.92 Å². The van der Waals surface area contributed by atoms with Crippen molar-refractivity contribution in [2.45, 2.75) is 51.1 Å². The minimum atomic E-state index is -0.299. The Morgan fingerprint density at radius 2 is 2.05 bits per heavy atom. The average Bonchev–Trinajstić information content (AvgIpc) is 2.46. The van der Waals surface area contributed by atoms with E-state index in [4.69, 9.17) is 11.0 Å². The topological polar surface area (TPSA) is 53.0 Å². The minimum Gasteiger partial charge on any atom is -0.366 e. The van der Waals surface area contributed by atoms with Gasteiger partial charge in [0.15, 0.2) is 0 Å². The molecule has 1 aliphatic carbocycles. The lowest BCUT2D eigenvalue weighted by Gasteiger charge is -2.37. The second-order valence-corrected chi connectivity index (χ2v) is 5.54.